The second kappa shape index (κ2) is 4.94. The summed E-state index contributed by atoms with van der Waals surface area (Å²) in [5, 5.41) is 19.0. The minimum absolute atomic E-state index is 0.102. The van der Waals surface area contributed by atoms with Crippen molar-refractivity contribution in [1.82, 2.24) is 0 Å². The van der Waals surface area contributed by atoms with Gasteiger partial charge in [-0.05, 0) is 31.5 Å². The molecule has 1 aromatic rings. The summed E-state index contributed by atoms with van der Waals surface area (Å²) in [6.07, 6.45) is -1.67. The molecule has 0 aliphatic heterocycles. The topological polar surface area (TPSA) is 66.8 Å². The van der Waals surface area contributed by atoms with Crippen molar-refractivity contribution in [3.63, 3.8) is 0 Å². The summed E-state index contributed by atoms with van der Waals surface area (Å²) in [5.74, 6) is -1.85. The third-order valence-corrected chi connectivity index (χ3v) is 2.11. The van der Waals surface area contributed by atoms with Gasteiger partial charge in [0, 0.05) is 5.56 Å². The highest BCUT2D eigenvalue weighted by atomic mass is 19.1. The molecule has 1 rings (SSSR count). The number of hydrogen-bond acceptors (Lipinski definition) is 4. The standard InChI is InChI=1S/C11H13FO4/c1-3-16-11(15)10(14)7-5-8(12)6(2)4-9(7)13/h4-5,10,13-14H,3H2,1-2H3. The highest BCUT2D eigenvalue weighted by Crippen LogP contribution is 2.27. The fourth-order valence-corrected chi connectivity index (χ4v) is 1.25. The van der Waals surface area contributed by atoms with E-state index in [2.05, 4.69) is 4.74 Å². The number of aliphatic hydroxyl groups is 1. The molecule has 2 N–H and O–H groups in total. The molecule has 0 saturated carbocycles. The molecule has 1 aromatic carbocycles. The lowest BCUT2D eigenvalue weighted by atomic mass is 10.1. The van der Waals surface area contributed by atoms with Crippen LogP contribution in [0.25, 0.3) is 0 Å². The average Bonchev–Trinajstić information content (AvgIpc) is 2.23. The molecule has 0 radical (unpaired) electrons. The van der Waals surface area contributed by atoms with E-state index in [-0.39, 0.29) is 23.5 Å². The van der Waals surface area contributed by atoms with Crippen molar-refractivity contribution in [2.75, 3.05) is 6.61 Å². The summed E-state index contributed by atoms with van der Waals surface area (Å²) in [4.78, 5) is 11.2. The maximum absolute atomic E-state index is 13.2. The van der Waals surface area contributed by atoms with Crippen molar-refractivity contribution in [3.8, 4) is 5.75 Å². The van der Waals surface area contributed by atoms with Crippen molar-refractivity contribution in [2.24, 2.45) is 0 Å². The zero-order valence-electron chi connectivity index (χ0n) is 9.03. The van der Waals surface area contributed by atoms with Gasteiger partial charge in [-0.3, -0.25) is 0 Å². The van der Waals surface area contributed by atoms with E-state index in [0.717, 1.165) is 12.1 Å². The van der Waals surface area contributed by atoms with Crippen molar-refractivity contribution in [1.29, 1.82) is 0 Å². The lowest BCUT2D eigenvalue weighted by molar-refractivity contribution is -0.153. The first kappa shape index (κ1) is 12.4. The van der Waals surface area contributed by atoms with E-state index in [1.54, 1.807) is 6.92 Å². The molecule has 0 amide bonds. The summed E-state index contributed by atoms with van der Waals surface area (Å²) in [5.41, 5.74) is 0.0406. The minimum atomic E-state index is -1.67. The van der Waals surface area contributed by atoms with Gasteiger partial charge in [-0.2, -0.15) is 0 Å². The Morgan fingerprint density at radius 3 is 2.75 bits per heavy atom. The Balaban J connectivity index is 3.04. The predicted octanol–water partition coefficient (Wildman–Crippen LogP) is 1.44. The maximum Gasteiger partial charge on any atom is 0.339 e. The number of aliphatic hydroxyl groups excluding tert-OH is 1. The number of hydrogen-bond donors (Lipinski definition) is 2. The maximum atomic E-state index is 13.2. The molecule has 4 nitrogen and oxygen atoms in total. The van der Waals surface area contributed by atoms with Crippen molar-refractivity contribution >= 4 is 5.97 Å². The van der Waals surface area contributed by atoms with E-state index in [9.17, 15) is 19.4 Å². The van der Waals surface area contributed by atoms with Crippen LogP contribution in [0.1, 0.15) is 24.2 Å². The molecule has 0 aliphatic carbocycles. The summed E-state index contributed by atoms with van der Waals surface area (Å²) < 4.78 is 17.8. The molecule has 0 bridgehead atoms. The minimum Gasteiger partial charge on any atom is -0.508 e. The van der Waals surface area contributed by atoms with Gasteiger partial charge in [-0.1, -0.05) is 0 Å². The van der Waals surface area contributed by atoms with E-state index >= 15 is 0 Å². The summed E-state index contributed by atoms with van der Waals surface area (Å²) in [7, 11) is 0. The quantitative estimate of drug-likeness (QED) is 0.768. The van der Waals surface area contributed by atoms with Gasteiger partial charge in [0.15, 0.2) is 6.10 Å². The number of aryl methyl sites for hydroxylation is 1. The molecule has 0 heterocycles. The van der Waals surface area contributed by atoms with Gasteiger partial charge in [-0.15, -0.1) is 0 Å². The molecule has 0 aromatic heterocycles. The Morgan fingerprint density at radius 1 is 1.56 bits per heavy atom. The fourth-order valence-electron chi connectivity index (χ4n) is 1.25. The van der Waals surface area contributed by atoms with Crippen LogP contribution in [-0.4, -0.2) is 22.8 Å². The van der Waals surface area contributed by atoms with Crippen LogP contribution in [0, 0.1) is 12.7 Å². The van der Waals surface area contributed by atoms with Gasteiger partial charge < -0.3 is 14.9 Å². The second-order valence-electron chi connectivity index (χ2n) is 3.31. The lowest BCUT2D eigenvalue weighted by Crippen LogP contribution is -2.15. The Kier molecular flexibility index (Phi) is 3.84. The van der Waals surface area contributed by atoms with E-state index in [1.165, 1.54) is 6.92 Å². The smallest absolute Gasteiger partial charge is 0.339 e. The van der Waals surface area contributed by atoms with E-state index in [1.807, 2.05) is 0 Å². The van der Waals surface area contributed by atoms with Crippen molar-refractivity contribution < 1.29 is 24.1 Å². The Hall–Kier alpha value is -1.62. The highest BCUT2D eigenvalue weighted by Gasteiger charge is 2.23. The van der Waals surface area contributed by atoms with Gasteiger partial charge >= 0.3 is 5.97 Å². The molecule has 1 atom stereocenters. The van der Waals surface area contributed by atoms with Crippen LogP contribution in [0.2, 0.25) is 0 Å². The van der Waals surface area contributed by atoms with Crippen LogP contribution in [0.4, 0.5) is 4.39 Å². The third kappa shape index (κ3) is 2.49. The molecule has 0 spiro atoms. The number of phenols is 1. The van der Waals surface area contributed by atoms with Crippen molar-refractivity contribution in [3.05, 3.63) is 29.1 Å². The number of esters is 1. The number of phenolic OH excluding ortho intramolecular Hbond substituents is 1. The van der Waals surface area contributed by atoms with Crippen molar-refractivity contribution in [2.45, 2.75) is 20.0 Å². The van der Waals surface area contributed by atoms with Gasteiger partial charge in [0.1, 0.15) is 11.6 Å². The zero-order valence-corrected chi connectivity index (χ0v) is 9.03. The Bertz CT molecular complexity index is 403. The monoisotopic (exact) mass is 228 g/mol. The Labute approximate surface area is 92.3 Å². The zero-order chi connectivity index (χ0) is 12.3. The first-order valence-corrected chi connectivity index (χ1v) is 4.81. The van der Waals surface area contributed by atoms with Gasteiger partial charge in [-0.25, -0.2) is 9.18 Å². The molecule has 0 fully saturated rings. The average molecular weight is 228 g/mol. The van der Waals surface area contributed by atoms with Gasteiger partial charge in [0.2, 0.25) is 0 Å². The molecular weight excluding hydrogens is 215 g/mol. The highest BCUT2D eigenvalue weighted by molar-refractivity contribution is 5.77. The van der Waals surface area contributed by atoms with Gasteiger partial charge in [0.25, 0.3) is 0 Å². The molecule has 0 aliphatic rings. The number of ether oxygens (including phenoxy) is 1. The number of halogens is 1. The van der Waals surface area contributed by atoms with Crippen LogP contribution in [0.15, 0.2) is 12.1 Å². The molecule has 88 valence electrons. The summed E-state index contributed by atoms with van der Waals surface area (Å²) in [6, 6.07) is 2.07. The van der Waals surface area contributed by atoms with E-state index in [4.69, 9.17) is 0 Å². The molecule has 1 unspecified atom stereocenters. The normalized spacial score (nSPS) is 12.2. The predicted molar refractivity (Wildman–Crippen MR) is 54.4 cm³/mol. The number of aromatic hydroxyl groups is 1. The van der Waals surface area contributed by atoms with E-state index < -0.39 is 17.9 Å². The van der Waals surface area contributed by atoms with Crippen LogP contribution in [-0.2, 0) is 9.53 Å². The number of benzene rings is 1. The lowest BCUT2D eigenvalue weighted by Gasteiger charge is -2.12. The van der Waals surface area contributed by atoms with Crippen LogP contribution in [0.3, 0.4) is 0 Å². The number of rotatable bonds is 3. The Morgan fingerprint density at radius 2 is 2.19 bits per heavy atom. The summed E-state index contributed by atoms with van der Waals surface area (Å²) >= 11 is 0. The molecule has 16 heavy (non-hydrogen) atoms. The first-order valence-electron chi connectivity index (χ1n) is 4.81. The van der Waals surface area contributed by atoms with Gasteiger partial charge in [0.05, 0.1) is 6.61 Å². The number of carbonyl (C=O) groups excluding carboxylic acids is 1. The second-order valence-corrected chi connectivity index (χ2v) is 3.31. The third-order valence-electron chi connectivity index (χ3n) is 2.11. The van der Waals surface area contributed by atoms with Crippen LogP contribution >= 0.6 is 0 Å². The first-order chi connectivity index (χ1) is 7.47. The number of carbonyl (C=O) groups is 1. The largest absolute Gasteiger partial charge is 0.508 e. The molecule has 0 saturated heterocycles. The fraction of sp³-hybridized carbons (Fsp3) is 0.364. The van der Waals surface area contributed by atoms with Crippen LogP contribution in [0.5, 0.6) is 5.75 Å². The SMILES string of the molecule is CCOC(=O)C(O)c1cc(F)c(C)cc1O. The molecule has 5 heteroatoms. The summed E-state index contributed by atoms with van der Waals surface area (Å²) in [6.45, 7) is 3.15. The molecular formula is C11H13FO4. The van der Waals surface area contributed by atoms with Crippen LogP contribution < -0.4 is 0 Å². The van der Waals surface area contributed by atoms with E-state index in [0.29, 0.717) is 0 Å².